The third kappa shape index (κ3) is 3.39. The molecule has 1 fully saturated rings. The van der Waals surface area contributed by atoms with Gasteiger partial charge in [0.25, 0.3) is 5.91 Å². The minimum absolute atomic E-state index is 0.0401. The van der Waals surface area contributed by atoms with Gasteiger partial charge in [-0.25, -0.2) is 0 Å². The van der Waals surface area contributed by atoms with E-state index < -0.39 is 0 Å². The number of aryl methyl sites for hydroxylation is 1. The molecule has 1 aromatic carbocycles. The summed E-state index contributed by atoms with van der Waals surface area (Å²) in [5.41, 5.74) is 2.90. The van der Waals surface area contributed by atoms with Gasteiger partial charge in [0, 0.05) is 30.4 Å². The number of anilines is 2. The lowest BCUT2D eigenvalue weighted by molar-refractivity contribution is -0.117. The van der Waals surface area contributed by atoms with Gasteiger partial charge in [-0.1, -0.05) is 6.07 Å². The van der Waals surface area contributed by atoms with Crippen LogP contribution in [0.5, 0.6) is 0 Å². The van der Waals surface area contributed by atoms with Crippen LogP contribution >= 0.6 is 0 Å². The molecule has 2 amide bonds. The molecule has 0 bridgehead atoms. The van der Waals surface area contributed by atoms with Crippen molar-refractivity contribution in [1.29, 1.82) is 0 Å². The van der Waals surface area contributed by atoms with Crippen molar-refractivity contribution in [2.45, 2.75) is 19.8 Å². The molecule has 118 valence electrons. The molecular formula is C18H19N3O2. The van der Waals surface area contributed by atoms with Gasteiger partial charge in [0.15, 0.2) is 0 Å². The van der Waals surface area contributed by atoms with E-state index in [1.54, 1.807) is 42.5 Å². The summed E-state index contributed by atoms with van der Waals surface area (Å²) in [5.74, 6) is 0.0325. The SMILES string of the molecule is Cc1ccc(C(=O)N(C)c2cccnc2)cc1NC(=O)C1CC1. The Bertz CT molecular complexity index is 739. The van der Waals surface area contributed by atoms with Crippen LogP contribution in [-0.4, -0.2) is 23.8 Å². The van der Waals surface area contributed by atoms with Gasteiger partial charge in [-0.05, 0) is 49.6 Å². The average Bonchev–Trinajstić information content (AvgIpc) is 3.41. The molecule has 1 aromatic heterocycles. The maximum Gasteiger partial charge on any atom is 0.258 e. The molecule has 1 aliphatic rings. The number of aromatic nitrogens is 1. The van der Waals surface area contributed by atoms with Crippen LogP contribution in [0.1, 0.15) is 28.8 Å². The van der Waals surface area contributed by atoms with Crippen LogP contribution in [0.15, 0.2) is 42.7 Å². The molecule has 1 saturated carbocycles. The summed E-state index contributed by atoms with van der Waals surface area (Å²) in [6.45, 7) is 1.92. The predicted octanol–water partition coefficient (Wildman–Crippen LogP) is 3.02. The Labute approximate surface area is 135 Å². The van der Waals surface area contributed by atoms with Crippen molar-refractivity contribution in [2.24, 2.45) is 5.92 Å². The van der Waals surface area contributed by atoms with Crippen molar-refractivity contribution in [3.63, 3.8) is 0 Å². The van der Waals surface area contributed by atoms with E-state index in [9.17, 15) is 9.59 Å². The highest BCUT2D eigenvalue weighted by atomic mass is 16.2. The first-order valence-electron chi connectivity index (χ1n) is 7.66. The molecule has 1 heterocycles. The third-order valence-electron chi connectivity index (χ3n) is 4.03. The molecule has 1 N–H and O–H groups in total. The number of carbonyl (C=O) groups is 2. The van der Waals surface area contributed by atoms with Gasteiger partial charge < -0.3 is 10.2 Å². The normalized spacial score (nSPS) is 13.5. The lowest BCUT2D eigenvalue weighted by Crippen LogP contribution is -2.26. The molecule has 5 nitrogen and oxygen atoms in total. The minimum atomic E-state index is -0.139. The Hall–Kier alpha value is -2.69. The number of nitrogens with zero attached hydrogens (tertiary/aromatic N) is 2. The van der Waals surface area contributed by atoms with E-state index in [4.69, 9.17) is 0 Å². The van der Waals surface area contributed by atoms with Gasteiger partial charge >= 0.3 is 0 Å². The highest BCUT2D eigenvalue weighted by molar-refractivity contribution is 6.07. The number of hydrogen-bond donors (Lipinski definition) is 1. The Kier molecular flexibility index (Phi) is 4.10. The van der Waals surface area contributed by atoms with Crippen molar-refractivity contribution in [3.05, 3.63) is 53.9 Å². The van der Waals surface area contributed by atoms with Crippen LogP contribution in [0.3, 0.4) is 0 Å². The first-order chi connectivity index (χ1) is 11.1. The first kappa shape index (κ1) is 15.2. The van der Waals surface area contributed by atoms with Gasteiger partial charge in [0.05, 0.1) is 11.9 Å². The first-order valence-corrected chi connectivity index (χ1v) is 7.66. The van der Waals surface area contributed by atoms with Gasteiger partial charge in [-0.3, -0.25) is 14.6 Å². The van der Waals surface area contributed by atoms with Crippen LogP contribution in [0.4, 0.5) is 11.4 Å². The largest absolute Gasteiger partial charge is 0.326 e. The zero-order chi connectivity index (χ0) is 16.4. The Morgan fingerprint density at radius 2 is 2.04 bits per heavy atom. The molecule has 0 spiro atoms. The van der Waals surface area contributed by atoms with Crippen molar-refractivity contribution in [1.82, 2.24) is 4.98 Å². The van der Waals surface area contributed by atoms with Crippen molar-refractivity contribution >= 4 is 23.2 Å². The molecule has 0 atom stereocenters. The Morgan fingerprint density at radius 3 is 2.70 bits per heavy atom. The molecule has 2 aromatic rings. The average molecular weight is 309 g/mol. The molecule has 3 rings (SSSR count). The molecular weight excluding hydrogens is 290 g/mol. The van der Waals surface area contributed by atoms with Gasteiger partial charge in [0.1, 0.15) is 0 Å². The fraction of sp³-hybridized carbons (Fsp3) is 0.278. The lowest BCUT2D eigenvalue weighted by Gasteiger charge is -2.18. The monoisotopic (exact) mass is 309 g/mol. The number of rotatable bonds is 4. The van der Waals surface area contributed by atoms with Crippen LogP contribution < -0.4 is 10.2 Å². The second-order valence-electron chi connectivity index (χ2n) is 5.87. The number of amides is 2. The standard InChI is InChI=1S/C18H19N3O2/c1-12-5-6-14(10-16(12)20-17(22)13-7-8-13)18(23)21(2)15-4-3-9-19-11-15/h3-6,9-11,13H,7-8H2,1-2H3,(H,20,22). The fourth-order valence-corrected chi connectivity index (χ4v) is 2.33. The Morgan fingerprint density at radius 1 is 1.26 bits per heavy atom. The highest BCUT2D eigenvalue weighted by Gasteiger charge is 2.30. The van der Waals surface area contributed by atoms with Gasteiger partial charge in [0.2, 0.25) is 5.91 Å². The summed E-state index contributed by atoms with van der Waals surface area (Å²) in [7, 11) is 1.71. The predicted molar refractivity (Wildman–Crippen MR) is 89.5 cm³/mol. The minimum Gasteiger partial charge on any atom is -0.326 e. The molecule has 0 unspecified atom stereocenters. The summed E-state index contributed by atoms with van der Waals surface area (Å²) >= 11 is 0. The second-order valence-corrected chi connectivity index (χ2v) is 5.87. The smallest absolute Gasteiger partial charge is 0.258 e. The van der Waals surface area contributed by atoms with E-state index in [1.165, 1.54) is 0 Å². The molecule has 5 heteroatoms. The van der Waals surface area contributed by atoms with E-state index in [2.05, 4.69) is 10.3 Å². The molecule has 23 heavy (non-hydrogen) atoms. The van der Waals surface area contributed by atoms with Gasteiger partial charge in [-0.2, -0.15) is 0 Å². The number of benzene rings is 1. The summed E-state index contributed by atoms with van der Waals surface area (Å²) in [6.07, 6.45) is 5.21. The molecule has 1 aliphatic carbocycles. The van der Waals surface area contributed by atoms with E-state index >= 15 is 0 Å². The zero-order valence-electron chi connectivity index (χ0n) is 13.2. The highest BCUT2D eigenvalue weighted by Crippen LogP contribution is 2.31. The maximum absolute atomic E-state index is 12.6. The number of carbonyl (C=O) groups excluding carboxylic acids is 2. The quantitative estimate of drug-likeness (QED) is 0.944. The number of hydrogen-bond acceptors (Lipinski definition) is 3. The summed E-state index contributed by atoms with van der Waals surface area (Å²) in [5, 5.41) is 2.92. The summed E-state index contributed by atoms with van der Waals surface area (Å²) in [6, 6.07) is 8.99. The Balaban J connectivity index is 1.81. The fourth-order valence-electron chi connectivity index (χ4n) is 2.33. The third-order valence-corrected chi connectivity index (χ3v) is 4.03. The second kappa shape index (κ2) is 6.20. The number of nitrogens with one attached hydrogen (secondary N) is 1. The van der Waals surface area contributed by atoms with E-state index in [0.29, 0.717) is 11.3 Å². The zero-order valence-corrected chi connectivity index (χ0v) is 13.2. The molecule has 0 radical (unpaired) electrons. The van der Waals surface area contributed by atoms with Gasteiger partial charge in [-0.15, -0.1) is 0 Å². The van der Waals surface area contributed by atoms with E-state index in [0.717, 1.165) is 24.1 Å². The van der Waals surface area contributed by atoms with Crippen LogP contribution in [0.25, 0.3) is 0 Å². The van der Waals surface area contributed by atoms with Crippen molar-refractivity contribution in [2.75, 3.05) is 17.3 Å². The van der Waals surface area contributed by atoms with Crippen molar-refractivity contribution < 1.29 is 9.59 Å². The van der Waals surface area contributed by atoms with E-state index in [1.807, 2.05) is 19.1 Å². The van der Waals surface area contributed by atoms with Crippen LogP contribution in [-0.2, 0) is 4.79 Å². The maximum atomic E-state index is 12.6. The molecule has 0 aliphatic heterocycles. The summed E-state index contributed by atoms with van der Waals surface area (Å²) in [4.78, 5) is 30.1. The van der Waals surface area contributed by atoms with Crippen molar-refractivity contribution in [3.8, 4) is 0 Å². The molecule has 0 saturated heterocycles. The topological polar surface area (TPSA) is 62.3 Å². The summed E-state index contributed by atoms with van der Waals surface area (Å²) < 4.78 is 0. The lowest BCUT2D eigenvalue weighted by atomic mass is 10.1. The number of pyridine rings is 1. The van der Waals surface area contributed by atoms with Crippen LogP contribution in [0, 0.1) is 12.8 Å². The van der Waals surface area contributed by atoms with E-state index in [-0.39, 0.29) is 17.7 Å². The van der Waals surface area contributed by atoms with Crippen LogP contribution in [0.2, 0.25) is 0 Å².